The summed E-state index contributed by atoms with van der Waals surface area (Å²) < 4.78 is 30.0. The summed E-state index contributed by atoms with van der Waals surface area (Å²) in [6, 6.07) is 25.4. The van der Waals surface area contributed by atoms with Gasteiger partial charge in [-0.15, -0.1) is 0 Å². The second-order valence-corrected chi connectivity index (χ2v) is 9.66. The molecule has 0 radical (unpaired) electrons. The number of aromatic nitrogens is 3. The quantitative estimate of drug-likeness (QED) is 0.384. The van der Waals surface area contributed by atoms with E-state index in [1.54, 1.807) is 36.4 Å². The summed E-state index contributed by atoms with van der Waals surface area (Å²) in [5, 5.41) is 4.55. The topological polar surface area (TPSA) is 96.8 Å². The van der Waals surface area contributed by atoms with E-state index in [1.807, 2.05) is 55.5 Å². The molecule has 0 saturated carbocycles. The highest BCUT2D eigenvalue weighted by molar-refractivity contribution is 7.93. The number of benzene rings is 3. The highest BCUT2D eigenvalue weighted by atomic mass is 32.2. The zero-order valence-corrected chi connectivity index (χ0v) is 19.2. The van der Waals surface area contributed by atoms with Gasteiger partial charge in [0.15, 0.2) is 5.82 Å². The van der Waals surface area contributed by atoms with Crippen LogP contribution in [0.2, 0.25) is 0 Å². The van der Waals surface area contributed by atoms with Gasteiger partial charge in [-0.2, -0.15) is 0 Å². The van der Waals surface area contributed by atoms with Gasteiger partial charge in [0.2, 0.25) is 0 Å². The normalized spacial score (nSPS) is 11.6. The molecular formula is C26H22N4O3S. The van der Waals surface area contributed by atoms with Crippen LogP contribution in [0.3, 0.4) is 0 Å². The smallest absolute Gasteiger partial charge is 0.276 e. The first-order chi connectivity index (χ1) is 16.4. The Kier molecular flexibility index (Phi) is 5.51. The standard InChI is InChI=1S/C26H22N4O3S/c1-18-23(16-19-8-3-2-4-9-19)26(31)30(28-18)25-15-14-21(17-27-25)29-34(32,33)24-13-7-11-20-10-5-6-12-22(20)24/h2-15,17,28-29H,16H2,1H3. The van der Waals surface area contributed by atoms with E-state index < -0.39 is 10.0 Å². The zero-order chi connectivity index (χ0) is 23.7. The molecule has 5 aromatic rings. The van der Waals surface area contributed by atoms with Crippen molar-refractivity contribution in [3.05, 3.63) is 118 Å². The molecule has 7 nitrogen and oxygen atoms in total. The molecule has 0 bridgehead atoms. The maximum atomic E-state index is 13.0. The Bertz CT molecular complexity index is 1630. The second-order valence-electron chi connectivity index (χ2n) is 8.01. The second kappa shape index (κ2) is 8.64. The molecule has 5 rings (SSSR count). The van der Waals surface area contributed by atoms with Gasteiger partial charge < -0.3 is 0 Å². The van der Waals surface area contributed by atoms with E-state index in [4.69, 9.17) is 0 Å². The molecule has 0 aliphatic carbocycles. The summed E-state index contributed by atoms with van der Waals surface area (Å²) in [5.41, 5.74) is 2.58. The number of aryl methyl sites for hydroxylation is 1. The lowest BCUT2D eigenvalue weighted by Gasteiger charge is -2.11. The van der Waals surface area contributed by atoms with E-state index >= 15 is 0 Å². The molecule has 0 aliphatic rings. The fraction of sp³-hybridized carbons (Fsp3) is 0.0769. The van der Waals surface area contributed by atoms with Gasteiger partial charge in [0.25, 0.3) is 15.6 Å². The van der Waals surface area contributed by atoms with Crippen LogP contribution in [0.5, 0.6) is 0 Å². The van der Waals surface area contributed by atoms with Gasteiger partial charge in [0.1, 0.15) is 0 Å². The van der Waals surface area contributed by atoms with Crippen molar-refractivity contribution in [2.75, 3.05) is 4.72 Å². The fourth-order valence-corrected chi connectivity index (χ4v) is 5.24. The van der Waals surface area contributed by atoms with E-state index in [1.165, 1.54) is 10.9 Å². The van der Waals surface area contributed by atoms with Gasteiger partial charge in [0, 0.05) is 23.1 Å². The predicted molar refractivity (Wildman–Crippen MR) is 133 cm³/mol. The van der Waals surface area contributed by atoms with Crippen molar-refractivity contribution in [2.24, 2.45) is 0 Å². The van der Waals surface area contributed by atoms with E-state index in [0.717, 1.165) is 16.6 Å². The van der Waals surface area contributed by atoms with Crippen LogP contribution >= 0.6 is 0 Å². The van der Waals surface area contributed by atoms with Crippen molar-refractivity contribution in [1.29, 1.82) is 0 Å². The number of hydrogen-bond acceptors (Lipinski definition) is 4. The van der Waals surface area contributed by atoms with E-state index in [0.29, 0.717) is 28.9 Å². The number of nitrogens with one attached hydrogen (secondary N) is 2. The Hall–Kier alpha value is -4.17. The summed E-state index contributed by atoms with van der Waals surface area (Å²) in [4.78, 5) is 17.5. The molecule has 34 heavy (non-hydrogen) atoms. The van der Waals surface area contributed by atoms with Gasteiger partial charge in [-0.3, -0.25) is 14.6 Å². The largest absolute Gasteiger partial charge is 0.294 e. The van der Waals surface area contributed by atoms with Crippen LogP contribution in [0.25, 0.3) is 16.6 Å². The third kappa shape index (κ3) is 4.11. The lowest BCUT2D eigenvalue weighted by molar-refractivity contribution is 0.602. The molecule has 2 aromatic heterocycles. The van der Waals surface area contributed by atoms with Crippen LogP contribution in [0, 0.1) is 6.92 Å². The number of nitrogens with zero attached hydrogens (tertiary/aromatic N) is 2. The molecule has 0 unspecified atom stereocenters. The van der Waals surface area contributed by atoms with Crippen molar-refractivity contribution in [3.8, 4) is 5.82 Å². The number of aromatic amines is 1. The van der Waals surface area contributed by atoms with E-state index in [2.05, 4.69) is 14.8 Å². The van der Waals surface area contributed by atoms with Crippen LogP contribution < -0.4 is 10.3 Å². The van der Waals surface area contributed by atoms with Gasteiger partial charge in [-0.1, -0.05) is 66.7 Å². The van der Waals surface area contributed by atoms with Gasteiger partial charge >= 0.3 is 0 Å². The van der Waals surface area contributed by atoms with Crippen molar-refractivity contribution >= 4 is 26.5 Å². The SMILES string of the molecule is Cc1[nH]n(-c2ccc(NS(=O)(=O)c3cccc4ccccc34)cn2)c(=O)c1Cc1ccccc1. The first kappa shape index (κ1) is 21.7. The highest BCUT2D eigenvalue weighted by Crippen LogP contribution is 2.25. The summed E-state index contributed by atoms with van der Waals surface area (Å²) in [6.07, 6.45) is 1.91. The first-order valence-electron chi connectivity index (χ1n) is 10.7. The average molecular weight is 471 g/mol. The molecule has 2 N–H and O–H groups in total. The van der Waals surface area contributed by atoms with Crippen molar-refractivity contribution < 1.29 is 8.42 Å². The van der Waals surface area contributed by atoms with Crippen LogP contribution in [0.4, 0.5) is 5.69 Å². The maximum absolute atomic E-state index is 13.0. The summed E-state index contributed by atoms with van der Waals surface area (Å²) in [7, 11) is -3.83. The maximum Gasteiger partial charge on any atom is 0.276 e. The monoisotopic (exact) mass is 470 g/mol. The third-order valence-electron chi connectivity index (χ3n) is 5.69. The van der Waals surface area contributed by atoms with Crippen molar-refractivity contribution in [2.45, 2.75) is 18.2 Å². The van der Waals surface area contributed by atoms with Gasteiger partial charge in [-0.25, -0.2) is 18.1 Å². The lowest BCUT2D eigenvalue weighted by atomic mass is 10.1. The minimum Gasteiger partial charge on any atom is -0.294 e. The molecule has 0 spiro atoms. The fourth-order valence-electron chi connectivity index (χ4n) is 3.97. The first-order valence-corrected chi connectivity index (χ1v) is 12.2. The van der Waals surface area contributed by atoms with Crippen molar-refractivity contribution in [3.63, 3.8) is 0 Å². The minimum absolute atomic E-state index is 0.182. The highest BCUT2D eigenvalue weighted by Gasteiger charge is 2.18. The number of hydrogen-bond donors (Lipinski definition) is 2. The Labute approximate surface area is 196 Å². The number of H-pyrrole nitrogens is 1. The zero-order valence-electron chi connectivity index (χ0n) is 18.4. The Balaban J connectivity index is 1.41. The number of pyridine rings is 1. The number of fused-ring (bicyclic) bond motifs is 1. The molecule has 170 valence electrons. The predicted octanol–water partition coefficient (Wildman–Crippen LogP) is 4.41. The van der Waals surface area contributed by atoms with E-state index in [-0.39, 0.29) is 10.5 Å². The lowest BCUT2D eigenvalue weighted by Crippen LogP contribution is -2.19. The van der Waals surface area contributed by atoms with E-state index in [9.17, 15) is 13.2 Å². The summed E-state index contributed by atoms with van der Waals surface area (Å²) in [5.74, 6) is 0.375. The Morgan fingerprint density at radius 3 is 2.41 bits per heavy atom. The molecule has 0 atom stereocenters. The van der Waals surface area contributed by atoms with Crippen molar-refractivity contribution in [1.82, 2.24) is 14.8 Å². The number of rotatable bonds is 6. The third-order valence-corrected chi connectivity index (χ3v) is 7.12. The summed E-state index contributed by atoms with van der Waals surface area (Å²) >= 11 is 0. The molecular weight excluding hydrogens is 448 g/mol. The van der Waals surface area contributed by atoms with Crippen LogP contribution in [-0.2, 0) is 16.4 Å². The molecule has 3 aromatic carbocycles. The molecule has 0 amide bonds. The van der Waals surface area contributed by atoms with Crippen LogP contribution in [0.15, 0.2) is 101 Å². The van der Waals surface area contributed by atoms with Gasteiger partial charge in [-0.05, 0) is 36.1 Å². The molecule has 0 fully saturated rings. The van der Waals surface area contributed by atoms with Crippen LogP contribution in [0.1, 0.15) is 16.8 Å². The summed E-state index contributed by atoms with van der Waals surface area (Å²) in [6.45, 7) is 1.85. The van der Waals surface area contributed by atoms with Crippen LogP contribution in [-0.4, -0.2) is 23.2 Å². The molecule has 8 heteroatoms. The Morgan fingerprint density at radius 1 is 0.912 bits per heavy atom. The molecule has 0 saturated heterocycles. The van der Waals surface area contributed by atoms with Gasteiger partial charge in [0.05, 0.1) is 16.8 Å². The number of anilines is 1. The minimum atomic E-state index is -3.83. The number of sulfonamides is 1. The average Bonchev–Trinajstić information content (AvgIpc) is 3.13. The molecule has 0 aliphatic heterocycles. The Morgan fingerprint density at radius 2 is 1.65 bits per heavy atom. The molecule has 2 heterocycles.